The fourth-order valence-electron chi connectivity index (χ4n) is 2.05. The van der Waals surface area contributed by atoms with Crippen molar-refractivity contribution in [2.75, 3.05) is 13.2 Å². The topological polar surface area (TPSA) is 21.3 Å². The summed E-state index contributed by atoms with van der Waals surface area (Å²) in [6.45, 7) is 4.90. The highest BCUT2D eigenvalue weighted by Gasteiger charge is 2.27. The lowest BCUT2D eigenvalue weighted by atomic mass is 10.0. The fourth-order valence-corrected chi connectivity index (χ4v) is 2.05. The summed E-state index contributed by atoms with van der Waals surface area (Å²) in [7, 11) is 0. The maximum Gasteiger partial charge on any atom is 0.0717 e. The Kier molecular flexibility index (Phi) is 3.39. The van der Waals surface area contributed by atoms with Gasteiger partial charge < -0.3 is 10.1 Å². The zero-order valence-electron chi connectivity index (χ0n) is 9.33. The van der Waals surface area contributed by atoms with E-state index in [1.54, 1.807) is 0 Å². The monoisotopic (exact) mass is 205 g/mol. The number of hydrogen-bond donors (Lipinski definition) is 1. The zero-order valence-corrected chi connectivity index (χ0v) is 9.33. The van der Waals surface area contributed by atoms with Gasteiger partial charge in [-0.1, -0.05) is 30.3 Å². The standard InChI is InChI=1S/C13H19NO/c1-13(8-5-9-14-13)11-15-10-12-6-3-2-4-7-12/h2-4,6-7,14H,5,8-11H2,1H3/t13-/m1/s1. The van der Waals surface area contributed by atoms with Crippen molar-refractivity contribution in [3.8, 4) is 0 Å². The molecule has 2 rings (SSSR count). The van der Waals surface area contributed by atoms with Gasteiger partial charge in [-0.15, -0.1) is 0 Å². The van der Waals surface area contributed by atoms with Crippen molar-refractivity contribution in [3.05, 3.63) is 35.9 Å². The molecule has 1 aromatic rings. The predicted molar refractivity (Wildman–Crippen MR) is 61.7 cm³/mol. The minimum Gasteiger partial charge on any atom is -0.375 e. The summed E-state index contributed by atoms with van der Waals surface area (Å²) in [5, 5.41) is 3.49. The van der Waals surface area contributed by atoms with Crippen molar-refractivity contribution in [3.63, 3.8) is 0 Å². The lowest BCUT2D eigenvalue weighted by Crippen LogP contribution is -2.40. The van der Waals surface area contributed by atoms with Crippen LogP contribution in [0, 0.1) is 0 Å². The first-order valence-corrected chi connectivity index (χ1v) is 5.65. The van der Waals surface area contributed by atoms with Gasteiger partial charge in [0.15, 0.2) is 0 Å². The lowest BCUT2D eigenvalue weighted by molar-refractivity contribution is 0.0717. The molecular weight excluding hydrogens is 186 g/mol. The van der Waals surface area contributed by atoms with Crippen LogP contribution in [0.2, 0.25) is 0 Å². The SMILES string of the molecule is C[C@]1(COCc2ccccc2)CCCN1. The Bertz CT molecular complexity index is 291. The Morgan fingerprint density at radius 2 is 2.13 bits per heavy atom. The van der Waals surface area contributed by atoms with Crippen molar-refractivity contribution in [2.24, 2.45) is 0 Å². The first-order chi connectivity index (χ1) is 7.29. The predicted octanol–water partition coefficient (Wildman–Crippen LogP) is 2.35. The molecule has 1 heterocycles. The van der Waals surface area contributed by atoms with Gasteiger partial charge >= 0.3 is 0 Å². The van der Waals surface area contributed by atoms with Gasteiger partial charge in [0.05, 0.1) is 13.2 Å². The van der Waals surface area contributed by atoms with E-state index in [9.17, 15) is 0 Å². The van der Waals surface area contributed by atoms with Gasteiger partial charge in [0.2, 0.25) is 0 Å². The molecule has 0 aliphatic carbocycles. The molecule has 0 bridgehead atoms. The first-order valence-electron chi connectivity index (χ1n) is 5.65. The van der Waals surface area contributed by atoms with E-state index in [2.05, 4.69) is 24.4 Å². The van der Waals surface area contributed by atoms with Gasteiger partial charge in [-0.25, -0.2) is 0 Å². The fraction of sp³-hybridized carbons (Fsp3) is 0.538. The Labute approximate surface area is 91.6 Å². The minimum atomic E-state index is 0.203. The van der Waals surface area contributed by atoms with E-state index in [-0.39, 0.29) is 5.54 Å². The normalized spacial score (nSPS) is 25.7. The van der Waals surface area contributed by atoms with Gasteiger partial charge in [-0.3, -0.25) is 0 Å². The van der Waals surface area contributed by atoms with E-state index < -0.39 is 0 Å². The molecule has 0 spiro atoms. The van der Waals surface area contributed by atoms with Crippen molar-refractivity contribution in [1.82, 2.24) is 5.32 Å². The first kappa shape index (κ1) is 10.7. The van der Waals surface area contributed by atoms with Crippen LogP contribution < -0.4 is 5.32 Å². The van der Waals surface area contributed by atoms with Crippen LogP contribution in [-0.2, 0) is 11.3 Å². The molecule has 1 fully saturated rings. The van der Waals surface area contributed by atoms with Gasteiger partial charge in [0, 0.05) is 5.54 Å². The molecule has 82 valence electrons. The summed E-state index contributed by atoms with van der Waals surface area (Å²) < 4.78 is 5.74. The highest BCUT2D eigenvalue weighted by atomic mass is 16.5. The quantitative estimate of drug-likeness (QED) is 0.814. The molecule has 15 heavy (non-hydrogen) atoms. The van der Waals surface area contributed by atoms with E-state index in [1.807, 2.05) is 18.2 Å². The molecule has 1 saturated heterocycles. The molecule has 0 unspecified atom stereocenters. The number of ether oxygens (including phenoxy) is 1. The molecule has 0 saturated carbocycles. The molecule has 1 N–H and O–H groups in total. The minimum absolute atomic E-state index is 0.203. The van der Waals surface area contributed by atoms with Gasteiger partial charge in [0.25, 0.3) is 0 Å². The van der Waals surface area contributed by atoms with Crippen LogP contribution in [0.5, 0.6) is 0 Å². The van der Waals surface area contributed by atoms with Crippen molar-refractivity contribution in [1.29, 1.82) is 0 Å². The molecule has 2 nitrogen and oxygen atoms in total. The maximum atomic E-state index is 5.74. The average molecular weight is 205 g/mol. The summed E-state index contributed by atoms with van der Waals surface area (Å²) in [4.78, 5) is 0. The highest BCUT2D eigenvalue weighted by molar-refractivity contribution is 5.13. The largest absolute Gasteiger partial charge is 0.375 e. The van der Waals surface area contributed by atoms with Gasteiger partial charge in [0.1, 0.15) is 0 Å². The molecule has 1 aliphatic rings. The van der Waals surface area contributed by atoms with E-state index >= 15 is 0 Å². The van der Waals surface area contributed by atoms with Crippen LogP contribution in [0.15, 0.2) is 30.3 Å². The molecular formula is C13H19NO. The highest BCUT2D eigenvalue weighted by Crippen LogP contribution is 2.19. The number of rotatable bonds is 4. The molecule has 1 aliphatic heterocycles. The second-order valence-electron chi connectivity index (χ2n) is 4.57. The van der Waals surface area contributed by atoms with Crippen LogP contribution in [0.25, 0.3) is 0 Å². The molecule has 0 amide bonds. The Morgan fingerprint density at radius 3 is 2.80 bits per heavy atom. The maximum absolute atomic E-state index is 5.74. The Hall–Kier alpha value is -0.860. The van der Waals surface area contributed by atoms with Crippen LogP contribution in [0.3, 0.4) is 0 Å². The third kappa shape index (κ3) is 3.05. The second-order valence-corrected chi connectivity index (χ2v) is 4.57. The summed E-state index contributed by atoms with van der Waals surface area (Å²) in [5.41, 5.74) is 1.45. The van der Waals surface area contributed by atoms with Crippen LogP contribution in [0.1, 0.15) is 25.3 Å². The molecule has 0 aromatic heterocycles. The molecule has 1 aromatic carbocycles. The van der Waals surface area contributed by atoms with Crippen LogP contribution in [0.4, 0.5) is 0 Å². The summed E-state index contributed by atoms with van der Waals surface area (Å²) in [6.07, 6.45) is 2.49. The van der Waals surface area contributed by atoms with Crippen molar-refractivity contribution in [2.45, 2.75) is 31.9 Å². The summed E-state index contributed by atoms with van der Waals surface area (Å²) in [6, 6.07) is 10.3. The zero-order chi connectivity index (χ0) is 10.6. The number of nitrogens with one attached hydrogen (secondary N) is 1. The van der Waals surface area contributed by atoms with Crippen LogP contribution in [-0.4, -0.2) is 18.7 Å². The number of benzene rings is 1. The third-order valence-corrected chi connectivity index (χ3v) is 2.99. The second kappa shape index (κ2) is 4.77. The van der Waals surface area contributed by atoms with Gasteiger partial charge in [-0.2, -0.15) is 0 Å². The van der Waals surface area contributed by atoms with E-state index in [4.69, 9.17) is 4.74 Å². The lowest BCUT2D eigenvalue weighted by Gasteiger charge is -2.23. The van der Waals surface area contributed by atoms with Crippen molar-refractivity contribution < 1.29 is 4.74 Å². The van der Waals surface area contributed by atoms with E-state index in [1.165, 1.54) is 18.4 Å². The average Bonchev–Trinajstić information content (AvgIpc) is 2.67. The molecule has 1 atom stereocenters. The summed E-state index contributed by atoms with van der Waals surface area (Å²) >= 11 is 0. The third-order valence-electron chi connectivity index (χ3n) is 2.99. The van der Waals surface area contributed by atoms with E-state index in [0.29, 0.717) is 0 Å². The van der Waals surface area contributed by atoms with E-state index in [0.717, 1.165) is 19.8 Å². The van der Waals surface area contributed by atoms with Crippen molar-refractivity contribution >= 4 is 0 Å². The Morgan fingerprint density at radius 1 is 1.33 bits per heavy atom. The smallest absolute Gasteiger partial charge is 0.0717 e. The summed E-state index contributed by atoms with van der Waals surface area (Å²) in [5.74, 6) is 0. The number of hydrogen-bond acceptors (Lipinski definition) is 2. The van der Waals surface area contributed by atoms with Gasteiger partial charge in [-0.05, 0) is 31.9 Å². The Balaban J connectivity index is 1.75. The van der Waals surface area contributed by atoms with Crippen LogP contribution >= 0.6 is 0 Å². The molecule has 2 heteroatoms. The molecule has 0 radical (unpaired) electrons.